The Bertz CT molecular complexity index is 1170. The van der Waals surface area contributed by atoms with E-state index in [4.69, 9.17) is 10.2 Å². The number of aryl methyl sites for hydroxylation is 1. The number of aromatic nitrogens is 3. The van der Waals surface area contributed by atoms with Crippen LogP contribution in [0.15, 0.2) is 32.9 Å². The zero-order valence-corrected chi connectivity index (χ0v) is 18.5. The minimum absolute atomic E-state index is 0.0719. The number of carbonyl (C=O) groups is 1. The van der Waals surface area contributed by atoms with E-state index >= 15 is 0 Å². The van der Waals surface area contributed by atoms with Crippen LogP contribution < -0.4 is 10.5 Å². The SMILES string of the molecule is CNS(=O)(=O)c1cc(C(=O)N(C)Cc2nc(C)cs2)cc(-c2nnc([C@H](C)N)o2)c1. The van der Waals surface area contributed by atoms with Crippen molar-refractivity contribution in [3.05, 3.63) is 45.7 Å². The number of hydrogen-bond donors (Lipinski definition) is 2. The van der Waals surface area contributed by atoms with E-state index in [0.717, 1.165) is 10.7 Å². The Kier molecular flexibility index (Phi) is 6.31. The maximum Gasteiger partial charge on any atom is 0.254 e. The lowest BCUT2D eigenvalue weighted by Crippen LogP contribution is -2.27. The van der Waals surface area contributed by atoms with Crippen molar-refractivity contribution >= 4 is 27.3 Å². The molecule has 3 rings (SSSR count). The lowest BCUT2D eigenvalue weighted by Gasteiger charge is -2.17. The fourth-order valence-electron chi connectivity index (χ4n) is 2.62. The van der Waals surface area contributed by atoms with Crippen LogP contribution in [0.25, 0.3) is 11.5 Å². The maximum absolute atomic E-state index is 13.0. The van der Waals surface area contributed by atoms with Crippen LogP contribution in [0.1, 0.15) is 39.9 Å². The highest BCUT2D eigenvalue weighted by atomic mass is 32.2. The Hall–Kier alpha value is -2.67. The molecule has 0 saturated carbocycles. The van der Waals surface area contributed by atoms with E-state index in [9.17, 15) is 13.2 Å². The first-order valence-corrected chi connectivity index (χ1v) is 11.3. The van der Waals surface area contributed by atoms with Crippen molar-refractivity contribution in [2.75, 3.05) is 14.1 Å². The molecular formula is C18H22N6O4S2. The average molecular weight is 451 g/mol. The second-order valence-corrected chi connectivity index (χ2v) is 9.56. The lowest BCUT2D eigenvalue weighted by atomic mass is 10.1. The number of hydrogen-bond acceptors (Lipinski definition) is 9. The minimum Gasteiger partial charge on any atom is -0.419 e. The molecular weight excluding hydrogens is 428 g/mol. The smallest absolute Gasteiger partial charge is 0.254 e. The quantitative estimate of drug-likeness (QED) is 0.553. The van der Waals surface area contributed by atoms with Gasteiger partial charge in [0, 0.05) is 29.2 Å². The number of carbonyl (C=O) groups excluding carboxylic acids is 1. The first-order chi connectivity index (χ1) is 14.1. The molecule has 0 spiro atoms. The number of rotatable bonds is 7. The van der Waals surface area contributed by atoms with E-state index < -0.39 is 16.1 Å². The molecule has 10 nitrogen and oxygen atoms in total. The zero-order valence-electron chi connectivity index (χ0n) is 16.9. The Balaban J connectivity index is 2.01. The van der Waals surface area contributed by atoms with Gasteiger partial charge >= 0.3 is 0 Å². The van der Waals surface area contributed by atoms with Crippen LogP contribution in [-0.4, -0.2) is 48.5 Å². The predicted octanol–water partition coefficient (Wildman–Crippen LogP) is 1.70. The van der Waals surface area contributed by atoms with E-state index in [0.29, 0.717) is 12.1 Å². The summed E-state index contributed by atoms with van der Waals surface area (Å²) in [7, 11) is -0.904. The summed E-state index contributed by atoms with van der Waals surface area (Å²) < 4.78 is 32.6. The summed E-state index contributed by atoms with van der Waals surface area (Å²) in [5.74, 6) is -0.0945. The molecule has 0 fully saturated rings. The molecule has 3 N–H and O–H groups in total. The van der Waals surface area contributed by atoms with Crippen molar-refractivity contribution in [1.29, 1.82) is 0 Å². The fourth-order valence-corrected chi connectivity index (χ4v) is 4.25. The van der Waals surface area contributed by atoms with Gasteiger partial charge in [-0.1, -0.05) is 0 Å². The number of benzene rings is 1. The molecule has 0 radical (unpaired) electrons. The third-order valence-electron chi connectivity index (χ3n) is 4.20. The topological polar surface area (TPSA) is 144 Å². The van der Waals surface area contributed by atoms with Gasteiger partial charge in [-0.15, -0.1) is 21.5 Å². The van der Waals surface area contributed by atoms with Gasteiger partial charge in [-0.05, 0) is 39.1 Å². The van der Waals surface area contributed by atoms with Crippen molar-refractivity contribution in [2.24, 2.45) is 5.73 Å². The van der Waals surface area contributed by atoms with Crippen LogP contribution in [-0.2, 0) is 16.6 Å². The van der Waals surface area contributed by atoms with E-state index in [2.05, 4.69) is 19.9 Å². The molecule has 0 saturated heterocycles. The summed E-state index contributed by atoms with van der Waals surface area (Å²) >= 11 is 1.45. The number of thiazole rings is 1. The number of amides is 1. The third-order valence-corrected chi connectivity index (χ3v) is 6.54. The highest BCUT2D eigenvalue weighted by molar-refractivity contribution is 7.89. The van der Waals surface area contributed by atoms with Crippen LogP contribution >= 0.6 is 11.3 Å². The molecule has 1 aromatic carbocycles. The molecule has 2 aromatic heterocycles. The second kappa shape index (κ2) is 8.60. The molecule has 0 aliphatic heterocycles. The van der Waals surface area contributed by atoms with Gasteiger partial charge in [0.15, 0.2) is 0 Å². The standard InChI is InChI=1S/C18H22N6O4S2/c1-10-9-29-15(21-10)8-24(4)18(25)13-5-12(6-14(7-13)30(26,27)20-3)17-23-22-16(28-17)11(2)19/h5-7,9,11,20H,8,19H2,1-4H3/t11-/m0/s1. The molecule has 2 heterocycles. The van der Waals surface area contributed by atoms with Gasteiger partial charge < -0.3 is 15.1 Å². The highest BCUT2D eigenvalue weighted by Gasteiger charge is 2.22. The maximum atomic E-state index is 13.0. The molecule has 0 unspecified atom stereocenters. The summed E-state index contributed by atoms with van der Waals surface area (Å²) in [5, 5.41) is 10.5. The van der Waals surface area contributed by atoms with Gasteiger partial charge in [-0.2, -0.15) is 0 Å². The molecule has 0 aliphatic carbocycles. The molecule has 1 atom stereocenters. The summed E-state index contributed by atoms with van der Waals surface area (Å²) in [5.41, 5.74) is 7.09. The van der Waals surface area contributed by atoms with Crippen molar-refractivity contribution in [3.63, 3.8) is 0 Å². The first kappa shape index (κ1) is 22.0. The molecule has 0 bridgehead atoms. The summed E-state index contributed by atoms with van der Waals surface area (Å²) in [6.07, 6.45) is 0. The van der Waals surface area contributed by atoms with E-state index in [-0.39, 0.29) is 28.1 Å². The van der Waals surface area contributed by atoms with Crippen molar-refractivity contribution < 1.29 is 17.6 Å². The van der Waals surface area contributed by atoms with E-state index in [1.54, 1.807) is 14.0 Å². The number of nitrogens with one attached hydrogen (secondary N) is 1. The molecule has 160 valence electrons. The normalized spacial score (nSPS) is 12.7. The van der Waals surface area contributed by atoms with Crippen molar-refractivity contribution in [1.82, 2.24) is 24.8 Å². The number of nitrogens with two attached hydrogens (primary N) is 1. The van der Waals surface area contributed by atoms with E-state index in [1.165, 1.54) is 41.5 Å². The fraction of sp³-hybridized carbons (Fsp3) is 0.333. The largest absolute Gasteiger partial charge is 0.419 e. The molecule has 30 heavy (non-hydrogen) atoms. The van der Waals surface area contributed by atoms with Gasteiger partial charge in [0.1, 0.15) is 5.01 Å². The minimum atomic E-state index is -3.82. The van der Waals surface area contributed by atoms with Crippen molar-refractivity contribution in [3.8, 4) is 11.5 Å². The van der Waals surface area contributed by atoms with Gasteiger partial charge in [-0.3, -0.25) is 4.79 Å². The molecule has 12 heteroatoms. The highest BCUT2D eigenvalue weighted by Crippen LogP contribution is 2.26. The van der Waals surface area contributed by atoms with Gasteiger partial charge in [0.2, 0.25) is 21.8 Å². The number of nitrogens with zero attached hydrogens (tertiary/aromatic N) is 4. The van der Waals surface area contributed by atoms with Crippen LogP contribution in [0.4, 0.5) is 0 Å². The Morgan fingerprint density at radius 2 is 2.07 bits per heavy atom. The molecule has 1 amide bonds. The van der Waals surface area contributed by atoms with Gasteiger partial charge in [0.25, 0.3) is 5.91 Å². The van der Waals surface area contributed by atoms with Crippen LogP contribution in [0.2, 0.25) is 0 Å². The monoisotopic (exact) mass is 450 g/mol. The Labute approximate surface area is 178 Å². The molecule has 3 aromatic rings. The second-order valence-electron chi connectivity index (χ2n) is 6.73. The summed E-state index contributed by atoms with van der Waals surface area (Å²) in [6.45, 7) is 3.86. The van der Waals surface area contributed by atoms with Crippen LogP contribution in [0, 0.1) is 6.92 Å². The van der Waals surface area contributed by atoms with Crippen LogP contribution in [0.5, 0.6) is 0 Å². The average Bonchev–Trinajstić information content (AvgIpc) is 3.36. The summed E-state index contributed by atoms with van der Waals surface area (Å²) in [6, 6.07) is 3.71. The van der Waals surface area contributed by atoms with Gasteiger partial charge in [-0.25, -0.2) is 18.1 Å². The zero-order chi connectivity index (χ0) is 22.1. The van der Waals surface area contributed by atoms with Crippen molar-refractivity contribution in [2.45, 2.75) is 31.3 Å². The molecule has 0 aliphatic rings. The van der Waals surface area contributed by atoms with E-state index in [1.807, 2.05) is 12.3 Å². The third kappa shape index (κ3) is 4.73. The Morgan fingerprint density at radius 1 is 1.33 bits per heavy atom. The van der Waals surface area contributed by atoms with Crippen LogP contribution in [0.3, 0.4) is 0 Å². The summed E-state index contributed by atoms with van der Waals surface area (Å²) in [4.78, 5) is 18.7. The Morgan fingerprint density at radius 3 is 2.63 bits per heavy atom. The predicted molar refractivity (Wildman–Crippen MR) is 111 cm³/mol. The lowest BCUT2D eigenvalue weighted by molar-refractivity contribution is 0.0784. The van der Waals surface area contributed by atoms with Gasteiger partial charge in [0.05, 0.1) is 17.5 Å². The number of sulfonamides is 1. The first-order valence-electron chi connectivity index (χ1n) is 8.95.